The van der Waals surface area contributed by atoms with Crippen molar-refractivity contribution in [2.24, 2.45) is 16.6 Å². The molecule has 2 aromatic heterocycles. The number of halogens is 2. The third kappa shape index (κ3) is 3.99. The van der Waals surface area contributed by atoms with Crippen LogP contribution in [0.15, 0.2) is 60.0 Å². The van der Waals surface area contributed by atoms with Gasteiger partial charge in [0.1, 0.15) is 23.3 Å². The molecule has 2 atom stereocenters. The second-order valence-corrected chi connectivity index (χ2v) is 9.13. The number of benzene rings is 1. The number of hydrogen-bond donors (Lipinski definition) is 1. The Morgan fingerprint density at radius 2 is 2.06 bits per heavy atom. The van der Waals surface area contributed by atoms with Crippen molar-refractivity contribution in [3.05, 3.63) is 83.2 Å². The van der Waals surface area contributed by atoms with Crippen molar-refractivity contribution in [2.45, 2.75) is 5.54 Å². The summed E-state index contributed by atoms with van der Waals surface area (Å²) in [6.45, 7) is 0.948. The minimum atomic E-state index is -0.939. The SMILES string of the molecule is N#Cc1ccc(/C(F)=C/c2ccc(F)c([C@]34CN(c5ncccn5)C[C@H]3CSC(N)=N4)c2)nc1. The van der Waals surface area contributed by atoms with Gasteiger partial charge in [0.15, 0.2) is 5.17 Å². The van der Waals surface area contributed by atoms with E-state index in [4.69, 9.17) is 16.0 Å². The Morgan fingerprint density at radius 1 is 1.24 bits per heavy atom. The van der Waals surface area contributed by atoms with Crippen LogP contribution in [0.3, 0.4) is 0 Å². The summed E-state index contributed by atoms with van der Waals surface area (Å²) in [5.74, 6) is 0.154. The zero-order chi connectivity index (χ0) is 23.7. The molecule has 170 valence electrons. The number of fused-ring (bicyclic) bond motifs is 1. The molecule has 1 fully saturated rings. The van der Waals surface area contributed by atoms with Crippen LogP contribution < -0.4 is 10.6 Å². The fourth-order valence-electron chi connectivity index (χ4n) is 4.39. The van der Waals surface area contributed by atoms with E-state index in [2.05, 4.69) is 15.0 Å². The van der Waals surface area contributed by atoms with E-state index in [1.807, 2.05) is 11.0 Å². The monoisotopic (exact) mass is 475 g/mol. The smallest absolute Gasteiger partial charge is 0.225 e. The van der Waals surface area contributed by atoms with E-state index >= 15 is 4.39 Å². The highest BCUT2D eigenvalue weighted by Crippen LogP contribution is 2.47. The number of nitrogens with zero attached hydrogens (tertiary/aromatic N) is 6. The zero-order valence-electron chi connectivity index (χ0n) is 17.9. The first-order valence-electron chi connectivity index (χ1n) is 10.5. The van der Waals surface area contributed by atoms with Crippen LogP contribution in [0.5, 0.6) is 0 Å². The third-order valence-electron chi connectivity index (χ3n) is 6.01. The highest BCUT2D eigenvalue weighted by molar-refractivity contribution is 8.13. The Labute approximate surface area is 199 Å². The van der Waals surface area contributed by atoms with Gasteiger partial charge in [-0.15, -0.1) is 0 Å². The first-order chi connectivity index (χ1) is 16.5. The molecular weight excluding hydrogens is 456 g/mol. The second-order valence-electron chi connectivity index (χ2n) is 8.09. The maximum Gasteiger partial charge on any atom is 0.225 e. The predicted octanol–water partition coefficient (Wildman–Crippen LogP) is 3.74. The van der Waals surface area contributed by atoms with Gasteiger partial charge in [-0.1, -0.05) is 17.8 Å². The molecule has 0 radical (unpaired) electrons. The summed E-state index contributed by atoms with van der Waals surface area (Å²) >= 11 is 1.44. The largest absolute Gasteiger partial charge is 0.379 e. The van der Waals surface area contributed by atoms with Gasteiger partial charge in [-0.25, -0.2) is 23.7 Å². The molecule has 2 aliphatic rings. The maximum atomic E-state index is 15.3. The van der Waals surface area contributed by atoms with Crippen LogP contribution in [0.1, 0.15) is 22.4 Å². The van der Waals surface area contributed by atoms with Crippen LogP contribution in [0.25, 0.3) is 11.9 Å². The molecule has 0 amide bonds. The Balaban J connectivity index is 1.54. The molecule has 10 heteroatoms. The van der Waals surface area contributed by atoms with Gasteiger partial charge in [0.25, 0.3) is 0 Å². The van der Waals surface area contributed by atoms with Crippen molar-refractivity contribution < 1.29 is 8.78 Å². The average Bonchev–Trinajstić information content (AvgIpc) is 3.25. The standard InChI is InChI=1S/C24H19F2N7S/c25-19-4-2-15(9-20(26)21-5-3-16(10-27)11-31-21)8-18(19)24-14-33(23-29-6-1-7-30-23)12-17(24)13-34-22(28)32-24/h1-9,11,17H,12-14H2,(H2,28,32)/b20-9-/t17-,24-/m0/s1. The van der Waals surface area contributed by atoms with E-state index in [-0.39, 0.29) is 11.6 Å². The third-order valence-corrected chi connectivity index (χ3v) is 6.97. The molecule has 0 saturated carbocycles. The van der Waals surface area contributed by atoms with Crippen molar-refractivity contribution in [1.29, 1.82) is 5.26 Å². The van der Waals surface area contributed by atoms with E-state index in [0.717, 1.165) is 0 Å². The van der Waals surface area contributed by atoms with E-state index in [9.17, 15) is 4.39 Å². The van der Waals surface area contributed by atoms with Crippen molar-refractivity contribution in [1.82, 2.24) is 15.0 Å². The first-order valence-corrected chi connectivity index (χ1v) is 11.5. The molecule has 0 spiro atoms. The molecule has 0 unspecified atom stereocenters. The minimum Gasteiger partial charge on any atom is -0.379 e. The number of amidine groups is 1. The molecule has 7 nitrogen and oxygen atoms in total. The minimum absolute atomic E-state index is 0.0348. The van der Waals surface area contributed by atoms with Crippen molar-refractivity contribution in [2.75, 3.05) is 23.7 Å². The van der Waals surface area contributed by atoms with Gasteiger partial charge < -0.3 is 10.6 Å². The molecule has 4 heterocycles. The highest BCUT2D eigenvalue weighted by atomic mass is 32.2. The lowest BCUT2D eigenvalue weighted by Crippen LogP contribution is -2.40. The molecular formula is C24H19F2N7S. The number of rotatable bonds is 4. The lowest BCUT2D eigenvalue weighted by Gasteiger charge is -2.35. The number of nitriles is 1. The Bertz CT molecular complexity index is 1320. The number of pyridine rings is 1. The maximum absolute atomic E-state index is 15.3. The molecule has 34 heavy (non-hydrogen) atoms. The van der Waals surface area contributed by atoms with Gasteiger partial charge in [0.05, 0.1) is 17.8 Å². The Hall–Kier alpha value is -3.84. The van der Waals surface area contributed by atoms with Gasteiger partial charge in [-0.05, 0) is 42.0 Å². The second kappa shape index (κ2) is 8.83. The fraction of sp³-hybridized carbons (Fsp3) is 0.208. The van der Waals surface area contributed by atoms with Crippen LogP contribution in [0, 0.1) is 23.1 Å². The number of aromatic nitrogens is 3. The lowest BCUT2D eigenvalue weighted by molar-refractivity contribution is 0.370. The van der Waals surface area contributed by atoms with Gasteiger partial charge in [-0.3, -0.25) is 4.98 Å². The summed E-state index contributed by atoms with van der Waals surface area (Å²) in [4.78, 5) is 19.4. The molecule has 1 aromatic carbocycles. The highest BCUT2D eigenvalue weighted by Gasteiger charge is 2.52. The normalized spacial score (nSPS) is 22.1. The summed E-state index contributed by atoms with van der Waals surface area (Å²) in [6.07, 6.45) is 5.92. The summed E-state index contributed by atoms with van der Waals surface area (Å²) in [5, 5.41) is 9.29. The van der Waals surface area contributed by atoms with Gasteiger partial charge >= 0.3 is 0 Å². The van der Waals surface area contributed by atoms with Gasteiger partial charge in [-0.2, -0.15) is 5.26 Å². The number of anilines is 1. The molecule has 0 aliphatic carbocycles. The average molecular weight is 476 g/mol. The number of aliphatic imine (C=N–C) groups is 1. The molecule has 0 bridgehead atoms. The van der Waals surface area contributed by atoms with Gasteiger partial charge in [0, 0.05) is 42.4 Å². The summed E-state index contributed by atoms with van der Waals surface area (Å²) in [7, 11) is 0. The fourth-order valence-corrected chi connectivity index (χ4v) is 5.37. The van der Waals surface area contributed by atoms with Crippen LogP contribution in [0.2, 0.25) is 0 Å². The first kappa shape index (κ1) is 22.0. The predicted molar refractivity (Wildman–Crippen MR) is 128 cm³/mol. The Morgan fingerprint density at radius 3 is 2.79 bits per heavy atom. The van der Waals surface area contributed by atoms with Crippen LogP contribution in [-0.2, 0) is 5.54 Å². The summed E-state index contributed by atoms with van der Waals surface area (Å²) in [6, 6.07) is 11.1. The van der Waals surface area contributed by atoms with Crippen molar-refractivity contribution >= 4 is 34.8 Å². The number of hydrogen-bond acceptors (Lipinski definition) is 8. The van der Waals surface area contributed by atoms with E-state index in [0.29, 0.717) is 46.6 Å². The molecule has 2 N–H and O–H groups in total. The molecule has 2 aliphatic heterocycles. The van der Waals surface area contributed by atoms with Crippen LogP contribution in [0.4, 0.5) is 14.7 Å². The molecule has 3 aromatic rings. The van der Waals surface area contributed by atoms with Crippen molar-refractivity contribution in [3.63, 3.8) is 0 Å². The lowest BCUT2D eigenvalue weighted by atomic mass is 9.81. The van der Waals surface area contributed by atoms with Crippen LogP contribution in [-0.4, -0.2) is 39.0 Å². The van der Waals surface area contributed by atoms with Crippen LogP contribution >= 0.6 is 11.8 Å². The van der Waals surface area contributed by atoms with E-state index in [1.165, 1.54) is 48.3 Å². The van der Waals surface area contributed by atoms with E-state index < -0.39 is 17.2 Å². The van der Waals surface area contributed by atoms with E-state index in [1.54, 1.807) is 24.5 Å². The summed E-state index contributed by atoms with van der Waals surface area (Å²) < 4.78 is 30.2. The quantitative estimate of drug-likeness (QED) is 0.613. The summed E-state index contributed by atoms with van der Waals surface area (Å²) in [5.41, 5.74) is 6.41. The topological polar surface area (TPSA) is 104 Å². The molecule has 5 rings (SSSR count). The Kier molecular flexibility index (Phi) is 5.71. The number of nitrogens with two attached hydrogens (primary N) is 1. The molecule has 1 saturated heterocycles. The van der Waals surface area contributed by atoms with Gasteiger partial charge in [0.2, 0.25) is 5.95 Å². The van der Waals surface area contributed by atoms with Crippen molar-refractivity contribution in [3.8, 4) is 6.07 Å². The number of thioether (sulfide) groups is 1. The zero-order valence-corrected chi connectivity index (χ0v) is 18.7.